The van der Waals surface area contributed by atoms with Crippen LogP contribution in [-0.4, -0.2) is 29.7 Å². The van der Waals surface area contributed by atoms with Crippen molar-refractivity contribution in [3.8, 4) is 0 Å². The van der Waals surface area contributed by atoms with Crippen LogP contribution in [0.2, 0.25) is 0 Å². The second kappa shape index (κ2) is 6.26. The number of anilines is 1. The van der Waals surface area contributed by atoms with Crippen LogP contribution < -0.4 is 10.6 Å². The Hall–Kier alpha value is -1.97. The summed E-state index contributed by atoms with van der Waals surface area (Å²) in [6.45, 7) is 3.16. The van der Waals surface area contributed by atoms with Crippen molar-refractivity contribution in [1.29, 1.82) is 0 Å². The summed E-state index contributed by atoms with van der Waals surface area (Å²) >= 11 is 0. The predicted octanol–water partition coefficient (Wildman–Crippen LogP) is 3.45. The number of urea groups is 1. The van der Waals surface area contributed by atoms with E-state index in [1.165, 1.54) is 6.92 Å². The number of benzene rings is 1. The topological polar surface area (TPSA) is 61.4 Å². The van der Waals surface area contributed by atoms with E-state index in [0.29, 0.717) is 18.7 Å². The molecule has 130 valence electrons. The summed E-state index contributed by atoms with van der Waals surface area (Å²) in [5.74, 6) is -10.9. The van der Waals surface area contributed by atoms with Gasteiger partial charge in [0.15, 0.2) is 0 Å². The fourth-order valence-corrected chi connectivity index (χ4v) is 1.70. The maximum atomic E-state index is 13.7. The van der Waals surface area contributed by atoms with E-state index in [9.17, 15) is 31.1 Å². The standard InChI is InChI=1S/C13H14F6N2O2/c1-3-20-10(22)21-9-5-4-8(6-7(9)2)11(14,15)12(16,23)13(17,18)19/h4-6,23H,3H2,1-2H3,(H2,20,21,22). The maximum absolute atomic E-state index is 13.7. The molecule has 1 aromatic carbocycles. The van der Waals surface area contributed by atoms with Gasteiger partial charge in [0.2, 0.25) is 0 Å². The zero-order valence-electron chi connectivity index (χ0n) is 12.1. The molecule has 0 heterocycles. The average molecular weight is 344 g/mol. The smallest absolute Gasteiger partial charge is 0.350 e. The number of hydrogen-bond acceptors (Lipinski definition) is 2. The summed E-state index contributed by atoms with van der Waals surface area (Å²) in [6.07, 6.45) is -6.18. The Morgan fingerprint density at radius 3 is 2.17 bits per heavy atom. The Bertz CT molecular complexity index is 586. The zero-order valence-corrected chi connectivity index (χ0v) is 12.1. The van der Waals surface area contributed by atoms with Gasteiger partial charge in [-0.05, 0) is 31.5 Å². The number of rotatable bonds is 4. The van der Waals surface area contributed by atoms with E-state index in [2.05, 4.69) is 10.6 Å². The minimum atomic E-state index is -6.18. The first-order valence-electron chi connectivity index (χ1n) is 6.36. The van der Waals surface area contributed by atoms with Crippen molar-refractivity contribution in [2.45, 2.75) is 31.8 Å². The van der Waals surface area contributed by atoms with E-state index in [0.717, 1.165) is 6.07 Å². The van der Waals surface area contributed by atoms with Crippen molar-refractivity contribution >= 4 is 11.7 Å². The number of nitrogens with one attached hydrogen (secondary N) is 2. The van der Waals surface area contributed by atoms with Crippen LogP contribution in [0.4, 0.5) is 36.8 Å². The lowest BCUT2D eigenvalue weighted by atomic mass is 9.98. The number of hydrogen-bond donors (Lipinski definition) is 3. The lowest BCUT2D eigenvalue weighted by Crippen LogP contribution is -2.53. The van der Waals surface area contributed by atoms with Gasteiger partial charge in [-0.25, -0.2) is 4.79 Å². The highest BCUT2D eigenvalue weighted by Gasteiger charge is 2.71. The molecular weight excluding hydrogens is 330 g/mol. The summed E-state index contributed by atoms with van der Waals surface area (Å²) < 4.78 is 77.4. The summed E-state index contributed by atoms with van der Waals surface area (Å²) in [5.41, 5.74) is -1.37. The van der Waals surface area contributed by atoms with E-state index in [4.69, 9.17) is 5.11 Å². The van der Waals surface area contributed by atoms with Crippen LogP contribution in [-0.2, 0) is 5.92 Å². The largest absolute Gasteiger partial charge is 0.455 e. The van der Waals surface area contributed by atoms with Gasteiger partial charge < -0.3 is 15.7 Å². The van der Waals surface area contributed by atoms with Gasteiger partial charge in [-0.2, -0.15) is 26.3 Å². The van der Waals surface area contributed by atoms with Gasteiger partial charge in [0, 0.05) is 17.8 Å². The molecule has 0 aliphatic carbocycles. The van der Waals surface area contributed by atoms with Crippen LogP contribution in [0.15, 0.2) is 18.2 Å². The van der Waals surface area contributed by atoms with Crippen molar-refractivity contribution in [1.82, 2.24) is 5.32 Å². The molecule has 0 bridgehead atoms. The van der Waals surface area contributed by atoms with E-state index < -0.39 is 29.5 Å². The molecule has 0 radical (unpaired) electrons. The first kappa shape index (κ1) is 19.1. The van der Waals surface area contributed by atoms with Crippen molar-refractivity contribution in [3.63, 3.8) is 0 Å². The van der Waals surface area contributed by atoms with Crippen LogP contribution in [0.5, 0.6) is 0 Å². The number of halogens is 6. The monoisotopic (exact) mass is 344 g/mol. The van der Waals surface area contributed by atoms with Crippen LogP contribution in [0.1, 0.15) is 18.1 Å². The normalized spacial score (nSPS) is 15.0. The number of aryl methyl sites for hydroxylation is 1. The minimum absolute atomic E-state index is 0.0357. The van der Waals surface area contributed by atoms with Crippen LogP contribution in [0, 0.1) is 6.92 Å². The molecule has 2 amide bonds. The molecule has 0 aromatic heterocycles. The first-order chi connectivity index (χ1) is 10.3. The molecule has 1 atom stereocenters. The van der Waals surface area contributed by atoms with Crippen LogP contribution >= 0.6 is 0 Å². The Morgan fingerprint density at radius 2 is 1.74 bits per heavy atom. The quantitative estimate of drug-likeness (QED) is 0.733. The number of amides is 2. The highest BCUT2D eigenvalue weighted by atomic mass is 19.4. The second-order valence-corrected chi connectivity index (χ2v) is 4.71. The van der Waals surface area contributed by atoms with Gasteiger partial charge in [0.05, 0.1) is 0 Å². The summed E-state index contributed by atoms with van der Waals surface area (Å²) in [4.78, 5) is 11.3. The number of carbonyl (C=O) groups excluding carboxylic acids is 1. The van der Waals surface area contributed by atoms with Crippen molar-refractivity contribution in [3.05, 3.63) is 29.3 Å². The number of alkyl halides is 6. The Labute approximate surface area is 127 Å². The summed E-state index contributed by atoms with van der Waals surface area (Å²) in [6, 6.07) is 1.29. The van der Waals surface area contributed by atoms with Crippen LogP contribution in [0.3, 0.4) is 0 Å². The molecule has 10 heteroatoms. The zero-order chi connectivity index (χ0) is 18.1. The van der Waals surface area contributed by atoms with E-state index in [1.807, 2.05) is 0 Å². The molecule has 0 aliphatic heterocycles. The Balaban J connectivity index is 3.16. The molecular formula is C13H14F6N2O2. The fraction of sp³-hybridized carbons (Fsp3) is 0.462. The van der Waals surface area contributed by atoms with E-state index in [-0.39, 0.29) is 11.3 Å². The van der Waals surface area contributed by atoms with Gasteiger partial charge in [-0.1, -0.05) is 6.07 Å². The molecule has 1 rings (SSSR count). The molecule has 1 unspecified atom stereocenters. The first-order valence-corrected chi connectivity index (χ1v) is 6.36. The number of carbonyl (C=O) groups is 1. The summed E-state index contributed by atoms with van der Waals surface area (Å²) in [5, 5.41) is 13.2. The van der Waals surface area contributed by atoms with Crippen LogP contribution in [0.25, 0.3) is 0 Å². The molecule has 4 nitrogen and oxygen atoms in total. The van der Waals surface area contributed by atoms with Crippen molar-refractivity contribution in [2.24, 2.45) is 0 Å². The lowest BCUT2D eigenvalue weighted by Gasteiger charge is -2.30. The maximum Gasteiger partial charge on any atom is 0.455 e. The second-order valence-electron chi connectivity index (χ2n) is 4.71. The van der Waals surface area contributed by atoms with Gasteiger partial charge in [0.25, 0.3) is 0 Å². The molecule has 0 saturated carbocycles. The van der Waals surface area contributed by atoms with E-state index >= 15 is 0 Å². The minimum Gasteiger partial charge on any atom is -0.350 e. The SMILES string of the molecule is CCNC(=O)Nc1ccc(C(F)(F)C(O)(F)C(F)(F)F)cc1C. The third-order valence-electron chi connectivity index (χ3n) is 2.97. The molecule has 1 aromatic rings. The highest BCUT2D eigenvalue weighted by Crippen LogP contribution is 2.49. The third kappa shape index (κ3) is 3.69. The van der Waals surface area contributed by atoms with E-state index in [1.54, 1.807) is 6.92 Å². The van der Waals surface area contributed by atoms with Crippen molar-refractivity contribution in [2.75, 3.05) is 11.9 Å². The summed E-state index contributed by atoms with van der Waals surface area (Å²) in [7, 11) is 0. The average Bonchev–Trinajstić information content (AvgIpc) is 2.39. The molecule has 3 N–H and O–H groups in total. The van der Waals surface area contributed by atoms with Gasteiger partial charge in [-0.3, -0.25) is 0 Å². The molecule has 0 saturated heterocycles. The third-order valence-corrected chi connectivity index (χ3v) is 2.97. The molecule has 0 spiro atoms. The molecule has 23 heavy (non-hydrogen) atoms. The highest BCUT2D eigenvalue weighted by molar-refractivity contribution is 5.90. The van der Waals surface area contributed by atoms with Gasteiger partial charge in [-0.15, -0.1) is 0 Å². The predicted molar refractivity (Wildman–Crippen MR) is 69.9 cm³/mol. The van der Waals surface area contributed by atoms with Gasteiger partial charge >= 0.3 is 24.0 Å². The number of aliphatic hydroxyl groups is 1. The van der Waals surface area contributed by atoms with Gasteiger partial charge in [0.1, 0.15) is 0 Å². The lowest BCUT2D eigenvalue weighted by molar-refractivity contribution is -0.390. The Morgan fingerprint density at radius 1 is 1.17 bits per heavy atom. The van der Waals surface area contributed by atoms with Crippen molar-refractivity contribution < 1.29 is 36.2 Å². The molecule has 0 aliphatic rings. The Kier molecular flexibility index (Phi) is 5.20. The fourth-order valence-electron chi connectivity index (χ4n) is 1.70. The molecule has 0 fully saturated rings.